The summed E-state index contributed by atoms with van der Waals surface area (Å²) in [5, 5.41) is 19.6. The molecule has 0 aromatic heterocycles. The summed E-state index contributed by atoms with van der Waals surface area (Å²) < 4.78 is 67.0. The average molecular weight is 346 g/mol. The molecule has 117 valence electrons. The maximum Gasteiger partial charge on any atom is 2.00 e. The van der Waals surface area contributed by atoms with Crippen LogP contribution in [-0.4, -0.2) is 37.1 Å². The SMILES string of the molecule is O=CCC([O-])C(F)(F)F.O=CCC([O-])C(F)(F)F.[Cu+2]. The molecule has 0 aliphatic rings. The van der Waals surface area contributed by atoms with Gasteiger partial charge < -0.3 is 19.8 Å². The third-order valence-corrected chi connectivity index (χ3v) is 1.35. The van der Waals surface area contributed by atoms with Gasteiger partial charge in [-0.25, -0.2) is 0 Å². The first-order valence-electron chi connectivity index (χ1n) is 4.29. The Hall–Kier alpha value is -0.641. The molecule has 0 heterocycles. The molecular formula is C8H8CuF6O4. The Kier molecular flexibility index (Phi) is 12.6. The molecule has 0 saturated heterocycles. The van der Waals surface area contributed by atoms with E-state index in [0.29, 0.717) is 0 Å². The smallest absolute Gasteiger partial charge is 0.845 e. The number of hydrogen-bond acceptors (Lipinski definition) is 4. The molecule has 2 unspecified atom stereocenters. The van der Waals surface area contributed by atoms with E-state index in [1.54, 1.807) is 0 Å². The van der Waals surface area contributed by atoms with Crippen molar-refractivity contribution < 1.29 is 63.2 Å². The largest absolute Gasteiger partial charge is 2.00 e. The molecule has 0 spiro atoms. The quantitative estimate of drug-likeness (QED) is 0.399. The Morgan fingerprint density at radius 2 is 1.00 bits per heavy atom. The van der Waals surface area contributed by atoms with Gasteiger partial charge in [0, 0.05) is 0 Å². The fraction of sp³-hybridized carbons (Fsp3) is 0.750. The molecule has 4 nitrogen and oxygen atoms in total. The minimum Gasteiger partial charge on any atom is -0.845 e. The molecule has 2 atom stereocenters. The number of rotatable bonds is 4. The van der Waals surface area contributed by atoms with Crippen LogP contribution in [0.3, 0.4) is 0 Å². The Balaban J connectivity index is -0.000000256. The second-order valence-electron chi connectivity index (χ2n) is 2.87. The van der Waals surface area contributed by atoms with Crippen molar-refractivity contribution in [1.82, 2.24) is 0 Å². The van der Waals surface area contributed by atoms with E-state index in [2.05, 4.69) is 0 Å². The van der Waals surface area contributed by atoms with Gasteiger partial charge in [-0.1, -0.05) is 0 Å². The van der Waals surface area contributed by atoms with Crippen molar-refractivity contribution in [2.75, 3.05) is 0 Å². The van der Waals surface area contributed by atoms with E-state index in [1.165, 1.54) is 0 Å². The summed E-state index contributed by atoms with van der Waals surface area (Å²) in [5.74, 6) is 0. The van der Waals surface area contributed by atoms with Gasteiger partial charge in [0.2, 0.25) is 0 Å². The van der Waals surface area contributed by atoms with Crippen LogP contribution in [0, 0.1) is 0 Å². The molecule has 0 fully saturated rings. The van der Waals surface area contributed by atoms with Crippen molar-refractivity contribution in [2.45, 2.75) is 37.4 Å². The van der Waals surface area contributed by atoms with Gasteiger partial charge >= 0.3 is 29.4 Å². The number of halogens is 6. The molecule has 0 aromatic rings. The Morgan fingerprint density at radius 1 is 0.789 bits per heavy atom. The van der Waals surface area contributed by atoms with Crippen LogP contribution in [-0.2, 0) is 26.7 Å². The molecule has 0 bridgehead atoms. The van der Waals surface area contributed by atoms with Crippen LogP contribution in [0.2, 0.25) is 0 Å². The Morgan fingerprint density at radius 3 is 1.05 bits per heavy atom. The summed E-state index contributed by atoms with van der Waals surface area (Å²) in [4.78, 5) is 18.7. The number of aldehydes is 2. The van der Waals surface area contributed by atoms with Crippen molar-refractivity contribution in [3.63, 3.8) is 0 Å². The van der Waals surface area contributed by atoms with Gasteiger partial charge in [0.15, 0.2) is 0 Å². The molecular weight excluding hydrogens is 338 g/mol. The van der Waals surface area contributed by atoms with E-state index in [1.807, 2.05) is 0 Å². The van der Waals surface area contributed by atoms with Gasteiger partial charge in [-0.3, -0.25) is 0 Å². The van der Waals surface area contributed by atoms with Gasteiger partial charge in [-0.2, -0.15) is 26.3 Å². The van der Waals surface area contributed by atoms with Crippen molar-refractivity contribution in [3.8, 4) is 0 Å². The first-order chi connectivity index (χ1) is 7.96. The van der Waals surface area contributed by atoms with Crippen LogP contribution >= 0.6 is 0 Å². The Labute approximate surface area is 114 Å². The fourth-order valence-electron chi connectivity index (χ4n) is 0.442. The van der Waals surface area contributed by atoms with Crippen LogP contribution in [0.5, 0.6) is 0 Å². The van der Waals surface area contributed by atoms with E-state index in [0.717, 1.165) is 0 Å². The molecule has 0 saturated carbocycles. The van der Waals surface area contributed by atoms with E-state index < -0.39 is 37.4 Å². The maximum atomic E-state index is 11.2. The van der Waals surface area contributed by atoms with Gasteiger partial charge in [-0.15, -0.1) is 0 Å². The van der Waals surface area contributed by atoms with Gasteiger partial charge in [0.05, 0.1) is 0 Å². The van der Waals surface area contributed by atoms with Crippen molar-refractivity contribution in [3.05, 3.63) is 0 Å². The van der Waals surface area contributed by atoms with E-state index in [9.17, 15) is 46.1 Å². The zero-order valence-corrected chi connectivity index (χ0v) is 9.87. The van der Waals surface area contributed by atoms with Crippen LogP contribution in [0.1, 0.15) is 12.8 Å². The first-order valence-corrected chi connectivity index (χ1v) is 4.29. The summed E-state index contributed by atoms with van der Waals surface area (Å²) in [7, 11) is 0. The number of carbonyl (C=O) groups excluding carboxylic acids is 2. The normalized spacial score (nSPS) is 14.3. The number of carbonyl (C=O) groups is 2. The first kappa shape index (κ1) is 23.5. The van der Waals surface area contributed by atoms with E-state index >= 15 is 0 Å². The third kappa shape index (κ3) is 13.6. The number of hydrogen-bond donors (Lipinski definition) is 0. The summed E-state index contributed by atoms with van der Waals surface area (Å²) in [6.07, 6.45) is -17.1. The van der Waals surface area contributed by atoms with Gasteiger partial charge in [-0.05, 0) is 25.0 Å². The predicted molar refractivity (Wildman–Crippen MR) is 41.0 cm³/mol. The summed E-state index contributed by atoms with van der Waals surface area (Å²) >= 11 is 0. The zero-order chi connectivity index (χ0) is 15.0. The topological polar surface area (TPSA) is 80.3 Å². The molecule has 0 aliphatic heterocycles. The number of alkyl halides is 6. The van der Waals surface area contributed by atoms with Crippen molar-refractivity contribution in [2.24, 2.45) is 0 Å². The second-order valence-corrected chi connectivity index (χ2v) is 2.87. The van der Waals surface area contributed by atoms with Crippen LogP contribution < -0.4 is 10.2 Å². The minimum absolute atomic E-state index is 0. The summed E-state index contributed by atoms with van der Waals surface area (Å²) in [5.41, 5.74) is 0. The fourth-order valence-corrected chi connectivity index (χ4v) is 0.442. The molecule has 1 radical (unpaired) electrons. The molecule has 19 heavy (non-hydrogen) atoms. The molecule has 0 aromatic carbocycles. The van der Waals surface area contributed by atoms with Crippen LogP contribution in [0.4, 0.5) is 26.3 Å². The van der Waals surface area contributed by atoms with Crippen molar-refractivity contribution in [1.29, 1.82) is 0 Å². The third-order valence-electron chi connectivity index (χ3n) is 1.35. The molecule has 0 aliphatic carbocycles. The predicted octanol–water partition coefficient (Wildman–Crippen LogP) is -0.269. The van der Waals surface area contributed by atoms with Crippen molar-refractivity contribution >= 4 is 12.6 Å². The standard InChI is InChI=1S/2C4H4F3O2.Cu/c2*5-4(6,7)3(9)1-2-8;/h2*2-3H,1H2;/q2*-1;+2. The summed E-state index contributed by atoms with van der Waals surface area (Å²) in [6.45, 7) is 0. The molecule has 11 heteroatoms. The monoisotopic (exact) mass is 345 g/mol. The molecule has 0 amide bonds. The average Bonchev–Trinajstić information content (AvgIpc) is 2.16. The second kappa shape index (κ2) is 10.2. The van der Waals surface area contributed by atoms with Gasteiger partial charge in [0.25, 0.3) is 0 Å². The minimum atomic E-state index is -4.78. The van der Waals surface area contributed by atoms with Crippen LogP contribution in [0.15, 0.2) is 0 Å². The molecule has 0 rings (SSSR count). The maximum absolute atomic E-state index is 11.2. The Bertz CT molecular complexity index is 229. The van der Waals surface area contributed by atoms with E-state index in [4.69, 9.17) is 0 Å². The van der Waals surface area contributed by atoms with Crippen LogP contribution in [0.25, 0.3) is 0 Å². The zero-order valence-electron chi connectivity index (χ0n) is 8.93. The van der Waals surface area contributed by atoms with E-state index in [-0.39, 0.29) is 29.6 Å². The summed E-state index contributed by atoms with van der Waals surface area (Å²) in [6, 6.07) is 0. The molecule has 0 N–H and O–H groups in total. The van der Waals surface area contributed by atoms with Gasteiger partial charge in [0.1, 0.15) is 12.6 Å².